The Morgan fingerprint density at radius 3 is 2.40 bits per heavy atom. The first-order valence-corrected chi connectivity index (χ1v) is 3.08. The first-order valence-electron chi connectivity index (χ1n) is 3.08. The SMILES string of the molecule is N#C[C@@H](N)C1CC(F)(F)C1. The maximum atomic E-state index is 12.1. The molecule has 0 spiro atoms. The maximum Gasteiger partial charge on any atom is 0.248 e. The Labute approximate surface area is 57.6 Å². The monoisotopic (exact) mass is 146 g/mol. The van der Waals surface area contributed by atoms with Crippen LogP contribution >= 0.6 is 0 Å². The Kier molecular flexibility index (Phi) is 1.61. The van der Waals surface area contributed by atoms with E-state index < -0.39 is 12.0 Å². The highest BCUT2D eigenvalue weighted by molar-refractivity contribution is 5.00. The van der Waals surface area contributed by atoms with Crippen LogP contribution in [0.3, 0.4) is 0 Å². The van der Waals surface area contributed by atoms with Gasteiger partial charge in [-0.05, 0) is 5.92 Å². The van der Waals surface area contributed by atoms with Gasteiger partial charge in [-0.25, -0.2) is 8.78 Å². The molecule has 0 radical (unpaired) electrons. The lowest BCUT2D eigenvalue weighted by Gasteiger charge is -2.35. The van der Waals surface area contributed by atoms with E-state index in [0.29, 0.717) is 0 Å². The van der Waals surface area contributed by atoms with Crippen molar-refractivity contribution < 1.29 is 8.78 Å². The summed E-state index contributed by atoms with van der Waals surface area (Å²) in [5, 5.41) is 8.22. The highest BCUT2D eigenvalue weighted by Gasteiger charge is 2.47. The number of nitrogens with zero attached hydrogens (tertiary/aromatic N) is 1. The van der Waals surface area contributed by atoms with Crippen LogP contribution in [0, 0.1) is 17.2 Å². The van der Waals surface area contributed by atoms with Crippen LogP contribution in [0.5, 0.6) is 0 Å². The fourth-order valence-corrected chi connectivity index (χ4v) is 1.07. The predicted octanol–water partition coefficient (Wildman–Crippen LogP) is 0.883. The minimum Gasteiger partial charge on any atom is -0.316 e. The van der Waals surface area contributed by atoms with Gasteiger partial charge in [-0.1, -0.05) is 0 Å². The number of hydrogen-bond acceptors (Lipinski definition) is 2. The summed E-state index contributed by atoms with van der Waals surface area (Å²) >= 11 is 0. The molecule has 0 saturated heterocycles. The highest BCUT2D eigenvalue weighted by atomic mass is 19.3. The van der Waals surface area contributed by atoms with Crippen LogP contribution in [0.15, 0.2) is 0 Å². The van der Waals surface area contributed by atoms with E-state index in [2.05, 4.69) is 0 Å². The molecule has 0 bridgehead atoms. The molecule has 0 aromatic rings. The Morgan fingerprint density at radius 1 is 1.60 bits per heavy atom. The second-order valence-electron chi connectivity index (χ2n) is 2.68. The number of nitriles is 1. The van der Waals surface area contributed by atoms with Gasteiger partial charge in [0.25, 0.3) is 0 Å². The van der Waals surface area contributed by atoms with Gasteiger partial charge in [0.1, 0.15) is 0 Å². The van der Waals surface area contributed by atoms with Gasteiger partial charge in [-0.2, -0.15) is 5.26 Å². The smallest absolute Gasteiger partial charge is 0.248 e. The van der Waals surface area contributed by atoms with Gasteiger partial charge in [-0.15, -0.1) is 0 Å². The van der Waals surface area contributed by atoms with E-state index in [1.807, 2.05) is 0 Å². The second kappa shape index (κ2) is 2.17. The highest BCUT2D eigenvalue weighted by Crippen LogP contribution is 2.43. The summed E-state index contributed by atoms with van der Waals surface area (Å²) in [7, 11) is 0. The fraction of sp³-hybridized carbons (Fsp3) is 0.833. The lowest BCUT2D eigenvalue weighted by Crippen LogP contribution is -2.45. The third-order valence-electron chi connectivity index (χ3n) is 1.78. The van der Waals surface area contributed by atoms with Crippen molar-refractivity contribution in [2.45, 2.75) is 24.8 Å². The van der Waals surface area contributed by atoms with Gasteiger partial charge in [-0.3, -0.25) is 0 Å². The third-order valence-corrected chi connectivity index (χ3v) is 1.78. The van der Waals surface area contributed by atoms with Gasteiger partial charge >= 0.3 is 0 Å². The molecule has 2 N–H and O–H groups in total. The van der Waals surface area contributed by atoms with Crippen LogP contribution in [0.2, 0.25) is 0 Å². The van der Waals surface area contributed by atoms with Crippen molar-refractivity contribution in [1.29, 1.82) is 5.26 Å². The molecule has 10 heavy (non-hydrogen) atoms. The molecule has 0 unspecified atom stereocenters. The zero-order valence-electron chi connectivity index (χ0n) is 5.35. The molecule has 0 amide bonds. The molecule has 1 aliphatic rings. The lowest BCUT2D eigenvalue weighted by atomic mass is 9.77. The van der Waals surface area contributed by atoms with E-state index >= 15 is 0 Å². The maximum absolute atomic E-state index is 12.1. The zero-order chi connectivity index (χ0) is 7.78. The molecule has 4 heteroatoms. The molecule has 0 aromatic heterocycles. The van der Waals surface area contributed by atoms with Crippen LogP contribution in [0.1, 0.15) is 12.8 Å². The molecule has 1 fully saturated rings. The van der Waals surface area contributed by atoms with Gasteiger partial charge in [0.15, 0.2) is 0 Å². The van der Waals surface area contributed by atoms with Crippen molar-refractivity contribution in [3.63, 3.8) is 0 Å². The Bertz CT molecular complexity index is 165. The van der Waals surface area contributed by atoms with Crippen molar-refractivity contribution in [2.24, 2.45) is 11.7 Å². The van der Waals surface area contributed by atoms with Crippen molar-refractivity contribution in [3.05, 3.63) is 0 Å². The lowest BCUT2D eigenvalue weighted by molar-refractivity contribution is -0.112. The van der Waals surface area contributed by atoms with Crippen LogP contribution in [0.4, 0.5) is 8.78 Å². The quantitative estimate of drug-likeness (QED) is 0.597. The first kappa shape index (κ1) is 7.42. The fourth-order valence-electron chi connectivity index (χ4n) is 1.07. The van der Waals surface area contributed by atoms with E-state index in [1.54, 1.807) is 6.07 Å². The normalized spacial score (nSPS) is 26.6. The Balaban J connectivity index is 2.34. The van der Waals surface area contributed by atoms with Crippen molar-refractivity contribution in [3.8, 4) is 6.07 Å². The Morgan fingerprint density at radius 2 is 2.10 bits per heavy atom. The summed E-state index contributed by atoms with van der Waals surface area (Å²) < 4.78 is 24.2. The minimum absolute atomic E-state index is 0.221. The van der Waals surface area contributed by atoms with Crippen molar-refractivity contribution in [2.75, 3.05) is 0 Å². The number of halogens is 2. The number of rotatable bonds is 1. The van der Waals surface area contributed by atoms with Gasteiger partial charge in [0.2, 0.25) is 5.92 Å². The molecular formula is C6H8F2N2. The van der Waals surface area contributed by atoms with Crippen LogP contribution in [-0.2, 0) is 0 Å². The molecule has 2 nitrogen and oxygen atoms in total. The average Bonchev–Trinajstić information content (AvgIpc) is 1.81. The number of nitrogens with two attached hydrogens (primary N) is 1. The minimum atomic E-state index is -2.56. The summed E-state index contributed by atoms with van der Waals surface area (Å²) in [5.41, 5.74) is 5.20. The topological polar surface area (TPSA) is 49.8 Å². The molecule has 56 valence electrons. The summed E-state index contributed by atoms with van der Waals surface area (Å²) in [6.45, 7) is 0. The largest absolute Gasteiger partial charge is 0.316 e. The van der Waals surface area contributed by atoms with Crippen LogP contribution < -0.4 is 5.73 Å². The van der Waals surface area contributed by atoms with Crippen LogP contribution in [-0.4, -0.2) is 12.0 Å². The standard InChI is InChI=1S/C6H8F2N2/c7-6(8)1-4(2-6)5(10)3-9/h4-5H,1-2,10H2/t5-/m1/s1. The summed E-state index contributed by atoms with van der Waals surface area (Å²) in [4.78, 5) is 0. The third kappa shape index (κ3) is 1.24. The van der Waals surface area contributed by atoms with Gasteiger partial charge in [0.05, 0.1) is 12.1 Å². The molecule has 1 saturated carbocycles. The average molecular weight is 146 g/mol. The second-order valence-corrected chi connectivity index (χ2v) is 2.68. The van der Waals surface area contributed by atoms with Crippen LogP contribution in [0.25, 0.3) is 0 Å². The molecule has 0 aromatic carbocycles. The molecule has 1 rings (SSSR count). The summed E-state index contributed by atoms with van der Waals surface area (Å²) in [6, 6.07) is 1.04. The molecule has 0 aliphatic heterocycles. The molecule has 1 aliphatic carbocycles. The first-order chi connectivity index (χ1) is 4.55. The van der Waals surface area contributed by atoms with E-state index in [0.717, 1.165) is 0 Å². The molecule has 1 atom stereocenters. The van der Waals surface area contributed by atoms with E-state index in [4.69, 9.17) is 11.0 Å². The van der Waals surface area contributed by atoms with Gasteiger partial charge < -0.3 is 5.73 Å². The zero-order valence-corrected chi connectivity index (χ0v) is 5.35. The predicted molar refractivity (Wildman–Crippen MR) is 31.3 cm³/mol. The molecule has 0 heterocycles. The van der Waals surface area contributed by atoms with E-state index in [1.165, 1.54) is 0 Å². The molecular weight excluding hydrogens is 138 g/mol. The Hall–Kier alpha value is -0.690. The van der Waals surface area contributed by atoms with E-state index in [9.17, 15) is 8.78 Å². The van der Waals surface area contributed by atoms with E-state index in [-0.39, 0.29) is 18.8 Å². The summed E-state index contributed by atoms with van der Waals surface area (Å²) in [5.74, 6) is -2.85. The number of alkyl halides is 2. The van der Waals surface area contributed by atoms with Crippen molar-refractivity contribution >= 4 is 0 Å². The van der Waals surface area contributed by atoms with Gasteiger partial charge in [0, 0.05) is 12.8 Å². The summed E-state index contributed by atoms with van der Waals surface area (Å²) in [6.07, 6.45) is -0.441. The number of hydrogen-bond donors (Lipinski definition) is 1. The van der Waals surface area contributed by atoms with Crippen molar-refractivity contribution in [1.82, 2.24) is 0 Å².